The SMILES string of the molecule is Cc1sc2ncn(C(C(=O)O)c3ccccc3)c(=O)c2c1-c1ccc(Br)cc1. The molecule has 4 aromatic rings. The van der Waals surface area contributed by atoms with Crippen LogP contribution in [0.3, 0.4) is 0 Å². The zero-order chi connectivity index (χ0) is 19.8. The van der Waals surface area contributed by atoms with Gasteiger partial charge >= 0.3 is 5.97 Å². The Balaban J connectivity index is 1.98. The molecule has 2 heterocycles. The minimum atomic E-state index is -1.14. The van der Waals surface area contributed by atoms with Crippen LogP contribution in [0, 0.1) is 6.92 Å². The van der Waals surface area contributed by atoms with E-state index in [-0.39, 0.29) is 5.56 Å². The number of carboxylic acids is 1. The smallest absolute Gasteiger partial charge is 0.331 e. The number of fused-ring (bicyclic) bond motifs is 1. The molecular weight excluding hydrogens is 440 g/mol. The monoisotopic (exact) mass is 454 g/mol. The Kier molecular flexibility index (Phi) is 4.87. The van der Waals surface area contributed by atoms with Gasteiger partial charge in [0.05, 0.1) is 5.39 Å². The maximum atomic E-state index is 13.4. The van der Waals surface area contributed by atoms with Gasteiger partial charge in [0.2, 0.25) is 0 Å². The molecule has 0 saturated carbocycles. The molecule has 0 amide bonds. The van der Waals surface area contributed by atoms with Crippen molar-refractivity contribution in [3.8, 4) is 11.1 Å². The van der Waals surface area contributed by atoms with E-state index in [1.807, 2.05) is 31.2 Å². The summed E-state index contributed by atoms with van der Waals surface area (Å²) in [6, 6.07) is 15.3. The van der Waals surface area contributed by atoms with Gasteiger partial charge in [0.25, 0.3) is 5.56 Å². The fourth-order valence-electron chi connectivity index (χ4n) is 3.32. The highest BCUT2D eigenvalue weighted by molar-refractivity contribution is 9.10. The van der Waals surface area contributed by atoms with E-state index < -0.39 is 12.0 Å². The molecule has 4 rings (SSSR count). The van der Waals surface area contributed by atoms with Crippen molar-refractivity contribution < 1.29 is 9.90 Å². The second-order valence-corrected chi connectivity index (χ2v) is 8.45. The van der Waals surface area contributed by atoms with Crippen molar-refractivity contribution in [2.45, 2.75) is 13.0 Å². The third-order valence-corrected chi connectivity index (χ3v) is 6.12. The molecule has 1 unspecified atom stereocenters. The Hall–Kier alpha value is -2.77. The van der Waals surface area contributed by atoms with Crippen LogP contribution in [0.1, 0.15) is 16.5 Å². The van der Waals surface area contributed by atoms with Crippen molar-refractivity contribution in [2.75, 3.05) is 0 Å². The summed E-state index contributed by atoms with van der Waals surface area (Å²) in [6.45, 7) is 1.94. The minimum absolute atomic E-state index is 0.358. The number of aliphatic carboxylic acids is 1. The quantitative estimate of drug-likeness (QED) is 0.477. The number of aromatic nitrogens is 2. The van der Waals surface area contributed by atoms with Crippen molar-refractivity contribution in [3.05, 3.63) is 86.2 Å². The Morgan fingerprint density at radius 3 is 2.46 bits per heavy atom. The zero-order valence-corrected chi connectivity index (χ0v) is 17.2. The van der Waals surface area contributed by atoms with E-state index in [2.05, 4.69) is 20.9 Å². The summed E-state index contributed by atoms with van der Waals surface area (Å²) < 4.78 is 2.15. The van der Waals surface area contributed by atoms with Gasteiger partial charge in [0.15, 0.2) is 6.04 Å². The number of carboxylic acid groups (broad SMARTS) is 1. The van der Waals surface area contributed by atoms with Crippen molar-refractivity contribution >= 4 is 43.5 Å². The first kappa shape index (κ1) is 18.6. The molecule has 28 heavy (non-hydrogen) atoms. The van der Waals surface area contributed by atoms with E-state index in [9.17, 15) is 14.7 Å². The van der Waals surface area contributed by atoms with Gasteiger partial charge in [-0.05, 0) is 30.2 Å². The van der Waals surface area contributed by atoms with E-state index in [4.69, 9.17) is 0 Å². The van der Waals surface area contributed by atoms with E-state index >= 15 is 0 Å². The minimum Gasteiger partial charge on any atom is -0.479 e. The predicted molar refractivity (Wildman–Crippen MR) is 114 cm³/mol. The van der Waals surface area contributed by atoms with Crippen molar-refractivity contribution in [1.29, 1.82) is 0 Å². The molecule has 7 heteroatoms. The van der Waals surface area contributed by atoms with Crippen molar-refractivity contribution in [2.24, 2.45) is 0 Å². The number of hydrogen-bond acceptors (Lipinski definition) is 4. The molecule has 1 atom stereocenters. The Bertz CT molecular complexity index is 1230. The number of rotatable bonds is 4. The van der Waals surface area contributed by atoms with Crippen LogP contribution in [0.25, 0.3) is 21.3 Å². The maximum absolute atomic E-state index is 13.4. The van der Waals surface area contributed by atoms with Gasteiger partial charge in [-0.15, -0.1) is 11.3 Å². The number of benzene rings is 2. The first-order valence-corrected chi connectivity index (χ1v) is 10.1. The number of thiophene rings is 1. The van der Waals surface area contributed by atoms with E-state index in [0.29, 0.717) is 15.8 Å². The van der Waals surface area contributed by atoms with Crippen molar-refractivity contribution in [3.63, 3.8) is 0 Å². The van der Waals surface area contributed by atoms with E-state index in [1.54, 1.807) is 30.3 Å². The molecule has 2 aromatic heterocycles. The predicted octanol–water partition coefficient (Wildman–Crippen LogP) is 4.87. The van der Waals surface area contributed by atoms with Gasteiger partial charge in [-0.2, -0.15) is 0 Å². The summed E-state index contributed by atoms with van der Waals surface area (Å²) in [5, 5.41) is 10.3. The average Bonchev–Trinajstić information content (AvgIpc) is 3.02. The first-order valence-electron chi connectivity index (χ1n) is 8.51. The molecule has 0 fully saturated rings. The average molecular weight is 455 g/mol. The summed E-state index contributed by atoms with van der Waals surface area (Å²) >= 11 is 4.86. The summed E-state index contributed by atoms with van der Waals surface area (Å²) in [7, 11) is 0. The lowest BCUT2D eigenvalue weighted by molar-refractivity contribution is -0.139. The summed E-state index contributed by atoms with van der Waals surface area (Å²) in [6.07, 6.45) is 1.33. The highest BCUT2D eigenvalue weighted by Gasteiger charge is 2.26. The molecule has 140 valence electrons. The van der Waals surface area contributed by atoms with Crippen LogP contribution in [0.15, 0.2) is 70.2 Å². The molecule has 0 aliphatic carbocycles. The largest absolute Gasteiger partial charge is 0.479 e. The fraction of sp³-hybridized carbons (Fsp3) is 0.0952. The molecule has 0 bridgehead atoms. The second-order valence-electron chi connectivity index (χ2n) is 6.33. The molecule has 0 saturated heterocycles. The highest BCUT2D eigenvalue weighted by Crippen LogP contribution is 2.36. The van der Waals surface area contributed by atoms with Crippen LogP contribution in [-0.2, 0) is 4.79 Å². The van der Waals surface area contributed by atoms with Crippen LogP contribution >= 0.6 is 27.3 Å². The molecule has 0 spiro atoms. The summed E-state index contributed by atoms with van der Waals surface area (Å²) in [4.78, 5) is 31.3. The van der Waals surface area contributed by atoms with E-state index in [1.165, 1.54) is 22.2 Å². The van der Waals surface area contributed by atoms with Gasteiger partial charge in [-0.25, -0.2) is 9.78 Å². The van der Waals surface area contributed by atoms with Crippen LogP contribution in [0.5, 0.6) is 0 Å². The molecular formula is C21H15BrN2O3S. The third-order valence-electron chi connectivity index (χ3n) is 4.57. The Morgan fingerprint density at radius 2 is 1.82 bits per heavy atom. The van der Waals surface area contributed by atoms with Crippen LogP contribution in [0.4, 0.5) is 0 Å². The lowest BCUT2D eigenvalue weighted by Gasteiger charge is -2.16. The number of aryl methyl sites for hydroxylation is 1. The van der Waals surface area contributed by atoms with Crippen LogP contribution in [0.2, 0.25) is 0 Å². The molecule has 5 nitrogen and oxygen atoms in total. The lowest BCUT2D eigenvalue weighted by Crippen LogP contribution is -2.30. The number of nitrogens with zero attached hydrogens (tertiary/aromatic N) is 2. The topological polar surface area (TPSA) is 72.2 Å². The van der Waals surface area contributed by atoms with Gasteiger partial charge in [-0.3, -0.25) is 9.36 Å². The zero-order valence-electron chi connectivity index (χ0n) is 14.8. The van der Waals surface area contributed by atoms with E-state index in [0.717, 1.165) is 20.5 Å². The summed E-state index contributed by atoms with van der Waals surface area (Å²) in [5.41, 5.74) is 1.87. The number of hydrogen-bond donors (Lipinski definition) is 1. The van der Waals surface area contributed by atoms with Crippen LogP contribution in [-0.4, -0.2) is 20.6 Å². The van der Waals surface area contributed by atoms with Gasteiger partial charge in [-0.1, -0.05) is 58.4 Å². The molecule has 0 aliphatic rings. The Labute approximate surface area is 173 Å². The van der Waals surface area contributed by atoms with Gasteiger partial charge < -0.3 is 5.11 Å². The van der Waals surface area contributed by atoms with Gasteiger partial charge in [0.1, 0.15) is 11.2 Å². The molecule has 1 N–H and O–H groups in total. The highest BCUT2D eigenvalue weighted by atomic mass is 79.9. The van der Waals surface area contributed by atoms with Gasteiger partial charge in [0, 0.05) is 14.9 Å². The molecule has 0 aliphatic heterocycles. The summed E-state index contributed by atoms with van der Waals surface area (Å²) in [5.74, 6) is -1.11. The number of halogens is 1. The Morgan fingerprint density at radius 1 is 1.14 bits per heavy atom. The third kappa shape index (κ3) is 3.16. The first-order chi connectivity index (χ1) is 13.5. The molecule has 0 radical (unpaired) electrons. The molecule has 2 aromatic carbocycles. The standard InChI is InChI=1S/C21H15BrN2O3S/c1-12-16(13-7-9-15(22)10-8-13)17-19(28-12)23-11-24(20(17)25)18(21(26)27)14-5-3-2-4-6-14/h2-11,18H,1H3,(H,26,27). The fourth-order valence-corrected chi connectivity index (χ4v) is 4.59. The number of carbonyl (C=O) groups is 1. The lowest BCUT2D eigenvalue weighted by atomic mass is 10.0. The second kappa shape index (κ2) is 7.33. The van der Waals surface area contributed by atoms with Crippen LogP contribution < -0.4 is 5.56 Å². The maximum Gasteiger partial charge on any atom is 0.331 e. The normalized spacial score (nSPS) is 12.2. The van der Waals surface area contributed by atoms with Crippen molar-refractivity contribution in [1.82, 2.24) is 9.55 Å².